The summed E-state index contributed by atoms with van der Waals surface area (Å²) in [5.74, 6) is 0.330. The molecular formula is C49H57. The second kappa shape index (κ2) is 11.9. The van der Waals surface area contributed by atoms with Gasteiger partial charge in [-0.3, -0.25) is 0 Å². The molecule has 0 N–H and O–H groups in total. The highest BCUT2D eigenvalue weighted by molar-refractivity contribution is 5.92. The van der Waals surface area contributed by atoms with Crippen LogP contribution in [0.2, 0.25) is 0 Å². The van der Waals surface area contributed by atoms with Gasteiger partial charge in [-0.15, -0.1) is 0 Å². The number of fused-ring (bicyclic) bond motifs is 3. The fraction of sp³-hybridized carbons (Fsp3) is 0.388. The minimum Gasteiger partial charge on any atom is -0.0743 e. The van der Waals surface area contributed by atoms with Crippen molar-refractivity contribution in [2.75, 3.05) is 0 Å². The Morgan fingerprint density at radius 1 is 0.571 bits per heavy atom. The Labute approximate surface area is 297 Å². The maximum atomic E-state index is 4.00. The first-order valence-corrected chi connectivity index (χ1v) is 18.3. The van der Waals surface area contributed by atoms with E-state index in [0.29, 0.717) is 5.92 Å². The van der Waals surface area contributed by atoms with E-state index in [-0.39, 0.29) is 21.7 Å². The summed E-state index contributed by atoms with van der Waals surface area (Å²) < 4.78 is 0. The van der Waals surface area contributed by atoms with Crippen LogP contribution in [0.15, 0.2) is 90.5 Å². The van der Waals surface area contributed by atoms with Crippen molar-refractivity contribution in [3.05, 3.63) is 145 Å². The second-order valence-electron chi connectivity index (χ2n) is 18.8. The van der Waals surface area contributed by atoms with Gasteiger partial charge in [-0.1, -0.05) is 168 Å². The Kier molecular flexibility index (Phi) is 8.46. The first kappa shape index (κ1) is 34.9. The van der Waals surface area contributed by atoms with Crippen molar-refractivity contribution >= 4 is 17.2 Å². The summed E-state index contributed by atoms with van der Waals surface area (Å²) in [5.41, 5.74) is 17.3. The summed E-state index contributed by atoms with van der Waals surface area (Å²) in [6, 6.07) is 28.4. The van der Waals surface area contributed by atoms with E-state index < -0.39 is 0 Å². The summed E-state index contributed by atoms with van der Waals surface area (Å²) >= 11 is 0. The molecule has 0 aromatic heterocycles. The van der Waals surface area contributed by atoms with Gasteiger partial charge in [-0.2, -0.15) is 0 Å². The molecule has 0 heterocycles. The monoisotopic (exact) mass is 645 g/mol. The van der Waals surface area contributed by atoms with Crippen molar-refractivity contribution in [3.8, 4) is 11.1 Å². The van der Waals surface area contributed by atoms with Crippen molar-refractivity contribution < 1.29 is 0 Å². The molecule has 1 radical (unpaired) electrons. The van der Waals surface area contributed by atoms with Crippen molar-refractivity contribution in [1.29, 1.82) is 0 Å². The molecule has 1 atom stereocenters. The highest BCUT2D eigenvalue weighted by Gasteiger charge is 2.31. The minimum absolute atomic E-state index is 0.0684. The molecule has 0 amide bonds. The van der Waals surface area contributed by atoms with E-state index in [0.717, 1.165) is 0 Å². The third-order valence-corrected chi connectivity index (χ3v) is 10.5. The summed E-state index contributed by atoms with van der Waals surface area (Å²) in [7, 11) is 0. The fourth-order valence-electron chi connectivity index (χ4n) is 7.73. The molecular weight excluding hydrogens is 589 g/mol. The zero-order chi connectivity index (χ0) is 35.8. The van der Waals surface area contributed by atoms with Crippen LogP contribution in [0.3, 0.4) is 0 Å². The molecule has 0 nitrogen and oxygen atoms in total. The van der Waals surface area contributed by atoms with Crippen molar-refractivity contribution in [3.63, 3.8) is 0 Å². The summed E-state index contributed by atoms with van der Waals surface area (Å²) in [5, 5.41) is 2.57. The molecule has 4 aromatic carbocycles. The first-order valence-electron chi connectivity index (χ1n) is 18.3. The van der Waals surface area contributed by atoms with Gasteiger partial charge in [-0.25, -0.2) is 0 Å². The fourth-order valence-corrected chi connectivity index (χ4v) is 7.73. The molecule has 6 rings (SSSR count). The van der Waals surface area contributed by atoms with Gasteiger partial charge < -0.3 is 0 Å². The predicted molar refractivity (Wildman–Crippen MR) is 214 cm³/mol. The van der Waals surface area contributed by atoms with E-state index in [1.165, 1.54) is 82.8 Å². The molecule has 2 aliphatic carbocycles. The molecule has 0 spiro atoms. The maximum Gasteiger partial charge on any atom is 0.000164 e. The molecule has 0 aliphatic heterocycles. The van der Waals surface area contributed by atoms with E-state index in [9.17, 15) is 0 Å². The van der Waals surface area contributed by atoms with Gasteiger partial charge in [0.1, 0.15) is 0 Å². The van der Waals surface area contributed by atoms with Crippen LogP contribution in [-0.4, -0.2) is 0 Å². The van der Waals surface area contributed by atoms with Crippen LogP contribution >= 0.6 is 0 Å². The van der Waals surface area contributed by atoms with Crippen LogP contribution in [0.5, 0.6) is 0 Å². The molecule has 49 heavy (non-hydrogen) atoms. The Balaban J connectivity index is 1.81. The Morgan fingerprint density at radius 3 is 1.49 bits per heavy atom. The Morgan fingerprint density at radius 2 is 1.06 bits per heavy atom. The number of benzene rings is 4. The first-order chi connectivity index (χ1) is 22.6. The smallest absolute Gasteiger partial charge is 0.000164 e. The van der Waals surface area contributed by atoms with Crippen LogP contribution in [0.25, 0.3) is 28.3 Å². The van der Waals surface area contributed by atoms with E-state index in [1.54, 1.807) is 0 Å². The normalized spacial score (nSPS) is 16.2. The SMILES string of the molecule is CC1=CC(C)C(c2c(C(C)(C)C)c(=C(c3ccc(C(C)(C)C)cc3)c3ccc(C(C)(C)C)cc3)cc3c2=[C]c2cc(C(C)(C)C)ccc2-3)=C1. The van der Waals surface area contributed by atoms with Gasteiger partial charge in [0, 0.05) is 5.92 Å². The quantitative estimate of drug-likeness (QED) is 0.183. The van der Waals surface area contributed by atoms with Gasteiger partial charge >= 0.3 is 0 Å². The summed E-state index contributed by atoms with van der Waals surface area (Å²) in [6.45, 7) is 32.5. The molecule has 0 saturated carbocycles. The molecule has 0 saturated heterocycles. The lowest BCUT2D eigenvalue weighted by Crippen LogP contribution is -2.33. The zero-order valence-corrected chi connectivity index (χ0v) is 32.7. The van der Waals surface area contributed by atoms with Gasteiger partial charge in [0.25, 0.3) is 0 Å². The number of allylic oxidation sites excluding steroid dienone is 4. The van der Waals surface area contributed by atoms with Gasteiger partial charge in [0.15, 0.2) is 0 Å². The van der Waals surface area contributed by atoms with Crippen LogP contribution in [0.4, 0.5) is 0 Å². The van der Waals surface area contributed by atoms with Gasteiger partial charge in [0.05, 0.1) is 0 Å². The molecule has 0 fully saturated rings. The third-order valence-electron chi connectivity index (χ3n) is 10.5. The zero-order valence-electron chi connectivity index (χ0n) is 32.7. The van der Waals surface area contributed by atoms with Crippen molar-refractivity contribution in [2.24, 2.45) is 5.92 Å². The largest absolute Gasteiger partial charge is 0.0743 e. The third kappa shape index (κ3) is 6.57. The lowest BCUT2D eigenvalue weighted by atomic mass is 9.75. The van der Waals surface area contributed by atoms with Crippen molar-refractivity contribution in [2.45, 2.75) is 119 Å². The van der Waals surface area contributed by atoms with Crippen LogP contribution in [0.1, 0.15) is 141 Å². The Bertz CT molecular complexity index is 2050. The van der Waals surface area contributed by atoms with Crippen LogP contribution < -0.4 is 10.4 Å². The maximum absolute atomic E-state index is 4.00. The van der Waals surface area contributed by atoms with Gasteiger partial charge in [-0.05, 0) is 124 Å². The number of hydrogen-bond donors (Lipinski definition) is 0. The van der Waals surface area contributed by atoms with E-state index in [1.807, 2.05) is 0 Å². The molecule has 2 aliphatic rings. The minimum atomic E-state index is -0.133. The van der Waals surface area contributed by atoms with Crippen LogP contribution in [-0.2, 0) is 21.7 Å². The molecule has 1 unspecified atom stereocenters. The topological polar surface area (TPSA) is 0 Å². The van der Waals surface area contributed by atoms with Gasteiger partial charge in [0.2, 0.25) is 0 Å². The van der Waals surface area contributed by atoms with E-state index in [2.05, 4.69) is 188 Å². The van der Waals surface area contributed by atoms with E-state index >= 15 is 0 Å². The predicted octanol–water partition coefficient (Wildman–Crippen LogP) is 11.8. The average molecular weight is 646 g/mol. The lowest BCUT2D eigenvalue weighted by molar-refractivity contribution is 0.583. The Hall–Kier alpha value is -3.90. The standard InChI is InChI=1S/C49H57/c1-30-25-31(2)39(26-30)44-41-28-34-27-37(48(9,10)11)23-24-38(34)40(41)29-42(45(44)49(12,13)14)43(32-15-19-35(20-16-32)46(3,4)5)33-17-21-36(22-18-33)47(6,7)8/h15-27,29,31H,1-14H3. The molecule has 253 valence electrons. The average Bonchev–Trinajstić information content (AvgIpc) is 3.53. The summed E-state index contributed by atoms with van der Waals surface area (Å²) in [4.78, 5) is 0. The molecule has 4 aromatic rings. The number of rotatable bonds is 3. The van der Waals surface area contributed by atoms with E-state index in [4.69, 9.17) is 0 Å². The second-order valence-corrected chi connectivity index (χ2v) is 18.8. The molecule has 0 bridgehead atoms. The molecule has 0 heteroatoms. The highest BCUT2D eigenvalue weighted by atomic mass is 14.3. The van der Waals surface area contributed by atoms with Crippen molar-refractivity contribution in [1.82, 2.24) is 0 Å². The highest BCUT2D eigenvalue weighted by Crippen LogP contribution is 2.40. The summed E-state index contributed by atoms with van der Waals surface area (Å²) in [6.07, 6.45) is 8.85. The van der Waals surface area contributed by atoms with Crippen LogP contribution in [0, 0.1) is 5.92 Å². The lowest BCUT2D eigenvalue weighted by Gasteiger charge is -2.29. The number of hydrogen-bond acceptors (Lipinski definition) is 0.